The fourth-order valence-electron chi connectivity index (χ4n) is 0.913. The summed E-state index contributed by atoms with van der Waals surface area (Å²) >= 11 is 5.54. The van der Waals surface area contributed by atoms with Gasteiger partial charge in [-0.05, 0) is 4.92 Å². The second-order valence-electron chi connectivity index (χ2n) is 2.64. The molecule has 0 aliphatic heterocycles. The van der Waals surface area contributed by atoms with Gasteiger partial charge in [0.25, 0.3) is 0 Å². The summed E-state index contributed by atoms with van der Waals surface area (Å²) in [5.74, 6) is 4.05. The van der Waals surface area contributed by atoms with Gasteiger partial charge < -0.3 is 10.1 Å². The lowest BCUT2D eigenvalue weighted by atomic mass is 10.4. The maximum Gasteiger partial charge on any atom is 0.408 e. The standard InChI is InChI=1S/C6H8ClN5O3/c7-4-3-11(2-1-5(13)9-8)10-6(4)12(14)15/h3H,1-2,8H2,(H,9,13). The van der Waals surface area contributed by atoms with Crippen molar-refractivity contribution in [3.8, 4) is 0 Å². The van der Waals surface area contributed by atoms with E-state index in [1.54, 1.807) is 0 Å². The van der Waals surface area contributed by atoms with E-state index >= 15 is 0 Å². The number of nitrogens with one attached hydrogen (secondary N) is 1. The van der Waals surface area contributed by atoms with Crippen molar-refractivity contribution in [3.63, 3.8) is 0 Å². The van der Waals surface area contributed by atoms with Crippen molar-refractivity contribution in [1.29, 1.82) is 0 Å². The number of hydrogen-bond acceptors (Lipinski definition) is 5. The van der Waals surface area contributed by atoms with Crippen LogP contribution in [0.4, 0.5) is 5.82 Å². The molecule has 9 heteroatoms. The molecular formula is C6H8ClN5O3. The number of rotatable bonds is 4. The minimum Gasteiger partial charge on any atom is -0.358 e. The zero-order valence-corrected chi connectivity index (χ0v) is 8.27. The monoisotopic (exact) mass is 233 g/mol. The number of aryl methyl sites for hydroxylation is 1. The molecule has 0 atom stereocenters. The topological polar surface area (TPSA) is 116 Å². The number of halogens is 1. The molecule has 0 fully saturated rings. The number of hydrazine groups is 1. The van der Waals surface area contributed by atoms with Gasteiger partial charge in [0.15, 0.2) is 5.02 Å². The normalized spacial score (nSPS) is 10.0. The Bertz CT molecular complexity index is 390. The van der Waals surface area contributed by atoms with Crippen LogP contribution in [-0.2, 0) is 11.3 Å². The maximum atomic E-state index is 10.8. The Hall–Kier alpha value is -1.67. The second-order valence-corrected chi connectivity index (χ2v) is 3.05. The van der Waals surface area contributed by atoms with Crippen LogP contribution in [0.15, 0.2) is 6.20 Å². The highest BCUT2D eigenvalue weighted by molar-refractivity contribution is 6.32. The molecule has 0 radical (unpaired) electrons. The van der Waals surface area contributed by atoms with Gasteiger partial charge in [-0.15, -0.1) is 0 Å². The van der Waals surface area contributed by atoms with Gasteiger partial charge in [-0.1, -0.05) is 11.6 Å². The highest BCUT2D eigenvalue weighted by atomic mass is 35.5. The van der Waals surface area contributed by atoms with Gasteiger partial charge in [0, 0.05) is 6.42 Å². The number of carbonyl (C=O) groups excluding carboxylic acids is 1. The zero-order chi connectivity index (χ0) is 11.4. The fraction of sp³-hybridized carbons (Fsp3) is 0.333. The molecular weight excluding hydrogens is 226 g/mol. The minimum absolute atomic E-state index is 0.0619. The molecule has 15 heavy (non-hydrogen) atoms. The van der Waals surface area contributed by atoms with Gasteiger partial charge in [-0.2, -0.15) is 4.68 Å². The van der Waals surface area contributed by atoms with Crippen LogP contribution >= 0.6 is 11.6 Å². The number of hydrogen-bond donors (Lipinski definition) is 2. The van der Waals surface area contributed by atoms with Crippen LogP contribution in [0.25, 0.3) is 0 Å². The third-order valence-electron chi connectivity index (χ3n) is 1.60. The zero-order valence-electron chi connectivity index (χ0n) is 7.51. The largest absolute Gasteiger partial charge is 0.408 e. The highest BCUT2D eigenvalue weighted by Crippen LogP contribution is 2.21. The molecule has 0 aromatic carbocycles. The minimum atomic E-state index is -0.693. The van der Waals surface area contributed by atoms with E-state index in [0.717, 1.165) is 0 Å². The lowest BCUT2D eigenvalue weighted by Gasteiger charge is -1.95. The Morgan fingerprint density at radius 2 is 2.47 bits per heavy atom. The van der Waals surface area contributed by atoms with Crippen molar-refractivity contribution < 1.29 is 9.72 Å². The molecule has 3 N–H and O–H groups in total. The molecule has 0 aliphatic rings. The van der Waals surface area contributed by atoms with Gasteiger partial charge in [-0.25, -0.2) is 5.84 Å². The van der Waals surface area contributed by atoms with Crippen molar-refractivity contribution in [1.82, 2.24) is 15.2 Å². The Morgan fingerprint density at radius 3 is 2.93 bits per heavy atom. The summed E-state index contributed by atoms with van der Waals surface area (Å²) in [6, 6.07) is 0. The summed E-state index contributed by atoms with van der Waals surface area (Å²) in [5, 5.41) is 13.9. The summed E-state index contributed by atoms with van der Waals surface area (Å²) in [4.78, 5) is 20.4. The Balaban J connectivity index is 2.67. The molecule has 0 aliphatic carbocycles. The molecule has 0 saturated carbocycles. The average Bonchev–Trinajstić information content (AvgIpc) is 2.56. The van der Waals surface area contributed by atoms with Crippen LogP contribution in [0.2, 0.25) is 5.02 Å². The van der Waals surface area contributed by atoms with E-state index in [2.05, 4.69) is 5.10 Å². The third-order valence-corrected chi connectivity index (χ3v) is 1.87. The van der Waals surface area contributed by atoms with Crippen molar-refractivity contribution in [2.75, 3.05) is 0 Å². The van der Waals surface area contributed by atoms with Crippen LogP contribution in [-0.4, -0.2) is 20.6 Å². The van der Waals surface area contributed by atoms with Gasteiger partial charge >= 0.3 is 5.82 Å². The van der Waals surface area contributed by atoms with Crippen LogP contribution in [0.5, 0.6) is 0 Å². The number of carbonyl (C=O) groups is 1. The second kappa shape index (κ2) is 4.71. The lowest BCUT2D eigenvalue weighted by molar-refractivity contribution is -0.389. The molecule has 1 aromatic heterocycles. The van der Waals surface area contributed by atoms with Crippen molar-refractivity contribution in [2.24, 2.45) is 5.84 Å². The molecule has 1 aromatic rings. The van der Waals surface area contributed by atoms with E-state index in [4.69, 9.17) is 17.4 Å². The molecule has 0 spiro atoms. The first-order valence-corrected chi connectivity index (χ1v) is 4.29. The summed E-state index contributed by atoms with van der Waals surface area (Å²) < 4.78 is 1.22. The number of nitrogens with zero attached hydrogens (tertiary/aromatic N) is 3. The lowest BCUT2D eigenvalue weighted by Crippen LogP contribution is -2.30. The van der Waals surface area contributed by atoms with E-state index in [1.807, 2.05) is 5.43 Å². The first-order chi connectivity index (χ1) is 7.04. The summed E-state index contributed by atoms with van der Waals surface area (Å²) in [7, 11) is 0. The number of amides is 1. The molecule has 1 rings (SSSR count). The molecule has 0 unspecified atom stereocenters. The quantitative estimate of drug-likeness (QED) is 0.324. The number of nitrogens with two attached hydrogens (primary N) is 1. The molecule has 1 heterocycles. The molecule has 0 bridgehead atoms. The van der Waals surface area contributed by atoms with Gasteiger partial charge in [0.2, 0.25) is 5.91 Å². The van der Waals surface area contributed by atoms with E-state index in [-0.39, 0.29) is 23.9 Å². The number of aromatic nitrogens is 2. The van der Waals surface area contributed by atoms with Crippen molar-refractivity contribution in [3.05, 3.63) is 21.3 Å². The summed E-state index contributed by atoms with van der Waals surface area (Å²) in [6.45, 7) is 0.177. The smallest absolute Gasteiger partial charge is 0.358 e. The van der Waals surface area contributed by atoms with E-state index in [0.29, 0.717) is 0 Å². The van der Waals surface area contributed by atoms with Crippen molar-refractivity contribution >= 4 is 23.3 Å². The molecule has 82 valence electrons. The first kappa shape index (κ1) is 11.4. The van der Waals surface area contributed by atoms with Crippen LogP contribution < -0.4 is 11.3 Å². The Kier molecular flexibility index (Phi) is 3.58. The Morgan fingerprint density at radius 1 is 1.80 bits per heavy atom. The van der Waals surface area contributed by atoms with Crippen molar-refractivity contribution in [2.45, 2.75) is 13.0 Å². The van der Waals surface area contributed by atoms with Crippen LogP contribution in [0.3, 0.4) is 0 Å². The van der Waals surface area contributed by atoms with E-state index in [1.165, 1.54) is 10.9 Å². The van der Waals surface area contributed by atoms with E-state index < -0.39 is 10.7 Å². The Labute approximate surface area is 89.1 Å². The fourth-order valence-corrected chi connectivity index (χ4v) is 1.13. The maximum absolute atomic E-state index is 10.8. The van der Waals surface area contributed by atoms with Crippen LogP contribution in [0, 0.1) is 10.1 Å². The highest BCUT2D eigenvalue weighted by Gasteiger charge is 2.18. The van der Waals surface area contributed by atoms with Gasteiger partial charge in [0.05, 0.1) is 17.8 Å². The third kappa shape index (κ3) is 2.89. The van der Waals surface area contributed by atoms with Crippen LogP contribution in [0.1, 0.15) is 6.42 Å². The van der Waals surface area contributed by atoms with Gasteiger partial charge in [-0.3, -0.25) is 10.2 Å². The molecule has 1 amide bonds. The van der Waals surface area contributed by atoms with Gasteiger partial charge in [0.1, 0.15) is 0 Å². The SMILES string of the molecule is NNC(=O)CCn1cc(Cl)c([N+](=O)[O-])n1. The average molecular weight is 234 g/mol. The predicted molar refractivity (Wildman–Crippen MR) is 50.8 cm³/mol. The number of nitro groups is 1. The summed E-state index contributed by atoms with van der Waals surface area (Å²) in [6.07, 6.45) is 1.36. The van der Waals surface area contributed by atoms with E-state index in [9.17, 15) is 14.9 Å². The molecule has 8 nitrogen and oxygen atoms in total. The molecule has 0 saturated heterocycles. The first-order valence-electron chi connectivity index (χ1n) is 3.91. The predicted octanol–water partition coefficient (Wildman–Crippen LogP) is -0.175. The summed E-state index contributed by atoms with van der Waals surface area (Å²) in [5.41, 5.74) is 1.93.